The van der Waals surface area contributed by atoms with E-state index >= 15 is 4.79 Å². The number of H-pyrrole nitrogens is 2. The average molecular weight is 1350 g/mol. The highest BCUT2D eigenvalue weighted by Gasteiger charge is 2.41. The molecule has 1 fully saturated rings. The molecule has 0 radical (unpaired) electrons. The highest BCUT2D eigenvalue weighted by atomic mass is 32.1. The summed E-state index contributed by atoms with van der Waals surface area (Å²) < 4.78 is 0. The summed E-state index contributed by atoms with van der Waals surface area (Å²) in [4.78, 5) is 181. The zero-order valence-corrected chi connectivity index (χ0v) is 54.5. The number of unbranched alkanes of at least 4 members (excludes halogenated alkanes) is 1. The third kappa shape index (κ3) is 23.7. The largest absolute Gasteiger partial charge is 0.481 e. The number of aromatic amines is 2. The normalized spacial score (nSPS) is 15.6. The van der Waals surface area contributed by atoms with E-state index in [-0.39, 0.29) is 88.0 Å². The number of benzene rings is 2. The van der Waals surface area contributed by atoms with E-state index in [1.807, 2.05) is 0 Å². The number of imidazole rings is 1. The lowest BCUT2D eigenvalue weighted by Crippen LogP contribution is -2.61. The number of carboxylic acid groups (broad SMARTS) is 1. The van der Waals surface area contributed by atoms with Gasteiger partial charge in [0.2, 0.25) is 65.0 Å². The van der Waals surface area contributed by atoms with Crippen LogP contribution in [0.1, 0.15) is 95.4 Å². The van der Waals surface area contributed by atoms with Gasteiger partial charge in [-0.15, -0.1) is 0 Å². The molecule has 1 aliphatic rings. The van der Waals surface area contributed by atoms with E-state index < -0.39 is 144 Å². The van der Waals surface area contributed by atoms with Gasteiger partial charge in [0.05, 0.1) is 6.33 Å². The number of nitrogens with two attached hydrogens (primary N) is 4. The molecule has 0 aliphatic carbocycles. The van der Waals surface area contributed by atoms with Gasteiger partial charge in [-0.25, -0.2) is 4.98 Å². The molecule has 0 unspecified atom stereocenters. The van der Waals surface area contributed by atoms with Crippen molar-refractivity contribution in [3.8, 4) is 0 Å². The number of guanidine groups is 1. The van der Waals surface area contributed by atoms with Gasteiger partial charge in [-0.3, -0.25) is 62.5 Å². The molecule has 0 bridgehead atoms. The standard InChI is InChI=1S/C61H88N18O13S2/c1-33(2)50(51(63)83)78-59(91)48-19-12-24-79(48)60(92)42(17-9-10-22-62)73-58(90)47(31-94)77-55(87)44(26-36-28-68-39-16-8-7-15-38(36)39)75-52(84)40(18-11-23-67-61(64)65)71-54(86)43(25-35-13-5-4-6-14-35)74-56(88)45(27-37-29-66-32-69-37)76-53(85)41(20-21-49(81)82)72-57(89)46(30-93)70-34(3)80/h4-8,13-16,28-29,32-33,40-48,50,68,93-94H,9-12,17-27,30-31,62H2,1-3H3,(H2,63,83)(H,66,69)(H,70,80)(H,71,86)(H,72,89)(H,73,90)(H,74,88)(H,75,84)(H,76,85)(H,77,87)(H,78,91)(H,81,82)(H4,64,65,67)/t40-,41-,42-,43+,44-,45-,46-,47-,48-,50-/m0/s1. The van der Waals surface area contributed by atoms with Crippen LogP contribution in [0, 0.1) is 5.92 Å². The zero-order valence-electron chi connectivity index (χ0n) is 52.7. The van der Waals surface area contributed by atoms with Crippen molar-refractivity contribution in [1.29, 1.82) is 0 Å². The molecular formula is C61H88N18O13S2. The maximum absolute atomic E-state index is 15.0. The van der Waals surface area contributed by atoms with E-state index in [0.29, 0.717) is 47.0 Å². The fraction of sp³-hybridized carbons (Fsp3) is 0.508. The van der Waals surface area contributed by atoms with E-state index in [1.54, 1.807) is 74.6 Å². The number of aliphatic carboxylic acids is 1. The third-order valence-electron chi connectivity index (χ3n) is 15.5. The Labute approximate surface area is 554 Å². The first-order chi connectivity index (χ1) is 44.8. The SMILES string of the molecule is CC(=O)N[C@@H](CS)C(=O)N[C@@H](CCC(=O)O)C(=O)N[C@@H](Cc1cnc[nH]1)C(=O)N[C@H](Cc1ccccc1)C(=O)N[C@@H](CCCN=C(N)N)C(=O)N[C@@H](Cc1c[nH]c2ccccc12)C(=O)N[C@@H](CS)C(=O)N[C@@H](CCCCN)C(=O)N1CCC[C@H]1C(=O)N[C@H](C(N)=O)C(C)C. The number of carbonyl (C=O) groups excluding carboxylic acids is 11. The Morgan fingerprint density at radius 3 is 1.73 bits per heavy atom. The Morgan fingerprint density at radius 1 is 0.638 bits per heavy atom. The summed E-state index contributed by atoms with van der Waals surface area (Å²) in [6, 6.07) is 2.16. The maximum atomic E-state index is 15.0. The second-order valence-electron chi connectivity index (χ2n) is 23.1. The summed E-state index contributed by atoms with van der Waals surface area (Å²) >= 11 is 8.55. The molecule has 1 saturated heterocycles. The van der Waals surface area contributed by atoms with Crippen molar-refractivity contribution in [2.24, 2.45) is 33.8 Å². The van der Waals surface area contributed by atoms with E-state index in [0.717, 1.165) is 6.92 Å². The van der Waals surface area contributed by atoms with Crippen LogP contribution in [0.25, 0.3) is 10.9 Å². The van der Waals surface area contributed by atoms with Gasteiger partial charge in [0.1, 0.15) is 60.4 Å². The van der Waals surface area contributed by atoms with Crippen LogP contribution in [0.2, 0.25) is 0 Å². The van der Waals surface area contributed by atoms with Crippen LogP contribution in [0.5, 0.6) is 0 Å². The van der Waals surface area contributed by atoms with Gasteiger partial charge < -0.3 is 90.8 Å². The van der Waals surface area contributed by atoms with Crippen molar-refractivity contribution in [3.05, 3.63) is 90.1 Å². The van der Waals surface area contributed by atoms with Crippen LogP contribution in [-0.4, -0.2) is 193 Å². The lowest BCUT2D eigenvalue weighted by Gasteiger charge is -2.31. The van der Waals surface area contributed by atoms with Gasteiger partial charge in [0.15, 0.2) is 5.96 Å². The topological polar surface area (TPSA) is 497 Å². The number of likely N-dealkylation sites (tertiary alicyclic amines) is 1. The molecule has 11 amide bonds. The number of thiol groups is 2. The van der Waals surface area contributed by atoms with Crippen LogP contribution in [0.4, 0.5) is 0 Å². The molecule has 1 aliphatic heterocycles. The van der Waals surface area contributed by atoms with Crippen molar-refractivity contribution in [2.45, 2.75) is 158 Å². The minimum Gasteiger partial charge on any atom is -0.481 e. The van der Waals surface area contributed by atoms with E-state index in [4.69, 9.17) is 22.9 Å². The van der Waals surface area contributed by atoms with Crippen molar-refractivity contribution < 1.29 is 62.6 Å². The van der Waals surface area contributed by atoms with Crippen molar-refractivity contribution in [3.63, 3.8) is 0 Å². The average Bonchev–Trinajstić information content (AvgIpc) is 1.62. The molecular weight excluding hydrogens is 1260 g/mol. The first-order valence-corrected chi connectivity index (χ1v) is 32.2. The molecule has 33 heteroatoms. The molecule has 5 rings (SSSR count). The van der Waals surface area contributed by atoms with Crippen LogP contribution in [-0.2, 0) is 76.8 Å². The summed E-state index contributed by atoms with van der Waals surface area (Å²) in [5.41, 5.74) is 24.8. The minimum absolute atomic E-state index is 0.0230. The van der Waals surface area contributed by atoms with Crippen molar-refractivity contribution in [1.82, 2.24) is 67.7 Å². The molecule has 10 atom stereocenters. The molecule has 94 heavy (non-hydrogen) atoms. The number of hydrogen-bond acceptors (Lipinski definition) is 17. The van der Waals surface area contributed by atoms with Gasteiger partial charge in [0, 0.05) is 86.2 Å². The Hall–Kier alpha value is -9.24. The summed E-state index contributed by atoms with van der Waals surface area (Å²) in [5.74, 6) is -11.3. The fourth-order valence-corrected chi connectivity index (χ4v) is 11.0. The van der Waals surface area contributed by atoms with Crippen LogP contribution in [0.3, 0.4) is 0 Å². The number of carbonyl (C=O) groups is 12. The molecule has 512 valence electrons. The molecule has 4 aromatic rings. The number of nitrogens with one attached hydrogen (secondary N) is 11. The highest BCUT2D eigenvalue weighted by molar-refractivity contribution is 7.80. The second-order valence-corrected chi connectivity index (χ2v) is 23.8. The Morgan fingerprint density at radius 2 is 1.17 bits per heavy atom. The number of para-hydroxylation sites is 1. The molecule has 3 heterocycles. The van der Waals surface area contributed by atoms with Gasteiger partial charge in [-0.1, -0.05) is 62.4 Å². The Balaban J connectivity index is 1.46. The summed E-state index contributed by atoms with van der Waals surface area (Å²) in [5, 5.41) is 34.0. The molecule has 0 spiro atoms. The molecule has 20 N–H and O–H groups in total. The number of aromatic nitrogens is 3. The first-order valence-electron chi connectivity index (χ1n) is 30.9. The van der Waals surface area contributed by atoms with Gasteiger partial charge >= 0.3 is 5.97 Å². The van der Waals surface area contributed by atoms with E-state index in [2.05, 4.69) is 93.1 Å². The summed E-state index contributed by atoms with van der Waals surface area (Å²) in [6.07, 6.45) is 4.23. The van der Waals surface area contributed by atoms with E-state index in [9.17, 15) is 57.8 Å². The van der Waals surface area contributed by atoms with Gasteiger partial charge in [-0.05, 0) is 81.0 Å². The zero-order chi connectivity index (χ0) is 69.0. The van der Waals surface area contributed by atoms with Crippen LogP contribution in [0.15, 0.2) is 78.3 Å². The number of nitrogens with zero attached hydrogens (tertiary/aromatic N) is 3. The first kappa shape index (κ1) is 75.5. The van der Waals surface area contributed by atoms with Gasteiger partial charge in [0.25, 0.3) is 0 Å². The summed E-state index contributed by atoms with van der Waals surface area (Å²) in [6.45, 7) is 5.01. The van der Waals surface area contributed by atoms with Crippen molar-refractivity contribution >= 4 is 113 Å². The molecule has 0 saturated carbocycles. The lowest BCUT2D eigenvalue weighted by atomic mass is 10.0. The maximum Gasteiger partial charge on any atom is 0.303 e. The number of hydrogen-bond donors (Lipinski definition) is 18. The predicted octanol–water partition coefficient (Wildman–Crippen LogP) is -2.66. The molecule has 2 aromatic heterocycles. The number of carboxylic acids is 1. The highest BCUT2D eigenvalue weighted by Crippen LogP contribution is 2.23. The lowest BCUT2D eigenvalue weighted by molar-refractivity contribution is -0.142. The third-order valence-corrected chi connectivity index (χ3v) is 16.2. The summed E-state index contributed by atoms with van der Waals surface area (Å²) in [7, 11) is 0. The van der Waals surface area contributed by atoms with Crippen LogP contribution >= 0.6 is 25.3 Å². The number of fused-ring (bicyclic) bond motifs is 1. The molecule has 31 nitrogen and oxygen atoms in total. The predicted molar refractivity (Wildman–Crippen MR) is 354 cm³/mol. The Kier molecular flexibility index (Phi) is 30.6. The molecule has 2 aromatic carbocycles. The monoisotopic (exact) mass is 1340 g/mol. The van der Waals surface area contributed by atoms with Crippen LogP contribution < -0.4 is 70.8 Å². The second kappa shape index (κ2) is 38.1. The van der Waals surface area contributed by atoms with Crippen molar-refractivity contribution in [2.75, 3.05) is 31.1 Å². The van der Waals surface area contributed by atoms with E-state index in [1.165, 1.54) is 17.4 Å². The quantitative estimate of drug-likeness (QED) is 0.00938. The smallest absolute Gasteiger partial charge is 0.303 e. The number of amides is 11. The number of rotatable bonds is 39. The minimum atomic E-state index is -1.56. The fourth-order valence-electron chi connectivity index (χ4n) is 10.5. The van der Waals surface area contributed by atoms with Gasteiger partial charge in [-0.2, -0.15) is 25.3 Å². The Bertz CT molecular complexity index is 3280. The number of aliphatic imine (C=N–C) groups is 1. The number of primary amides is 1.